The summed E-state index contributed by atoms with van der Waals surface area (Å²) in [5, 5.41) is 3.02. The number of carbonyl (C=O) groups excluding carboxylic acids is 1. The Hall–Kier alpha value is -3.85. The number of hydrogen-bond acceptors (Lipinski definition) is 2. The number of carbonyl (C=O) groups is 1. The van der Waals surface area contributed by atoms with Gasteiger partial charge in [-0.3, -0.25) is 4.79 Å². The van der Waals surface area contributed by atoms with Gasteiger partial charge in [0.1, 0.15) is 5.75 Å². The second-order valence-corrected chi connectivity index (χ2v) is 7.01. The highest BCUT2D eigenvalue weighted by molar-refractivity contribution is 6.06. The Morgan fingerprint density at radius 2 is 1.30 bits per heavy atom. The molecule has 0 aliphatic carbocycles. The molecule has 0 atom stereocenters. The monoisotopic (exact) mass is 393 g/mol. The van der Waals surface area contributed by atoms with Crippen LogP contribution in [0.5, 0.6) is 11.5 Å². The Balaban J connectivity index is 1.51. The molecule has 0 unspecified atom stereocenters. The van der Waals surface area contributed by atoms with Crippen LogP contribution in [0.1, 0.15) is 21.5 Å². The molecule has 0 aromatic heterocycles. The topological polar surface area (TPSA) is 38.3 Å². The van der Waals surface area contributed by atoms with E-state index in [-0.39, 0.29) is 5.91 Å². The fraction of sp³-hybridized carbons (Fsp3) is 0.0741. The fourth-order valence-electron chi connectivity index (χ4n) is 3.35. The molecular formula is C27H23NO2. The fourth-order valence-corrected chi connectivity index (χ4v) is 3.35. The smallest absolute Gasteiger partial charge is 0.256 e. The Morgan fingerprint density at radius 3 is 2.10 bits per heavy atom. The van der Waals surface area contributed by atoms with Crippen LogP contribution >= 0.6 is 0 Å². The number of benzene rings is 4. The molecule has 0 saturated carbocycles. The summed E-state index contributed by atoms with van der Waals surface area (Å²) >= 11 is 0. The Kier molecular flexibility index (Phi) is 6.21. The van der Waals surface area contributed by atoms with Crippen LogP contribution in [0.3, 0.4) is 0 Å². The molecular weight excluding hydrogens is 370 g/mol. The van der Waals surface area contributed by atoms with Crippen molar-refractivity contribution in [3.05, 3.63) is 126 Å². The molecule has 4 aromatic rings. The van der Waals surface area contributed by atoms with Gasteiger partial charge in [-0.1, -0.05) is 78.9 Å². The molecule has 0 heterocycles. The quantitative estimate of drug-likeness (QED) is 0.388. The zero-order chi connectivity index (χ0) is 20.6. The molecule has 0 spiro atoms. The van der Waals surface area contributed by atoms with Gasteiger partial charge in [0.25, 0.3) is 5.91 Å². The summed E-state index contributed by atoms with van der Waals surface area (Å²) in [6.07, 6.45) is 1.69. The molecule has 4 rings (SSSR count). The van der Waals surface area contributed by atoms with Gasteiger partial charge >= 0.3 is 0 Å². The molecule has 1 N–H and O–H groups in total. The van der Waals surface area contributed by atoms with Crippen LogP contribution < -0.4 is 10.1 Å². The molecule has 0 bridgehead atoms. The number of aryl methyl sites for hydroxylation is 2. The Morgan fingerprint density at radius 1 is 0.667 bits per heavy atom. The zero-order valence-corrected chi connectivity index (χ0v) is 16.6. The van der Waals surface area contributed by atoms with Crippen molar-refractivity contribution in [1.29, 1.82) is 0 Å². The van der Waals surface area contributed by atoms with Crippen molar-refractivity contribution in [3.8, 4) is 11.5 Å². The molecule has 0 saturated heterocycles. The van der Waals surface area contributed by atoms with E-state index in [4.69, 9.17) is 4.74 Å². The molecule has 0 aliphatic heterocycles. The number of rotatable bonds is 7. The van der Waals surface area contributed by atoms with Crippen LogP contribution in [0.15, 0.2) is 109 Å². The Labute approximate surface area is 177 Å². The highest BCUT2D eigenvalue weighted by Gasteiger charge is 2.14. The van der Waals surface area contributed by atoms with E-state index in [2.05, 4.69) is 17.4 Å². The zero-order valence-electron chi connectivity index (χ0n) is 16.6. The molecule has 0 radical (unpaired) electrons. The minimum Gasteiger partial charge on any atom is -0.455 e. The van der Waals surface area contributed by atoms with E-state index >= 15 is 0 Å². The number of hydrogen-bond donors (Lipinski definition) is 1. The number of anilines is 1. The van der Waals surface area contributed by atoms with Crippen molar-refractivity contribution in [2.75, 3.05) is 5.32 Å². The maximum Gasteiger partial charge on any atom is 0.256 e. The molecule has 4 aromatic carbocycles. The normalized spacial score (nSPS) is 10.4. The molecule has 0 aliphatic rings. The highest BCUT2D eigenvalue weighted by atomic mass is 16.5. The third kappa shape index (κ3) is 4.95. The van der Waals surface area contributed by atoms with E-state index in [1.807, 2.05) is 97.1 Å². The van der Waals surface area contributed by atoms with Crippen LogP contribution in [-0.4, -0.2) is 5.91 Å². The van der Waals surface area contributed by atoms with E-state index in [1.54, 1.807) is 0 Å². The predicted molar refractivity (Wildman–Crippen MR) is 121 cm³/mol. The van der Waals surface area contributed by atoms with E-state index in [0.717, 1.165) is 24.2 Å². The molecule has 1 amide bonds. The minimum atomic E-state index is -0.136. The molecule has 148 valence electrons. The van der Waals surface area contributed by atoms with E-state index in [9.17, 15) is 4.79 Å². The van der Waals surface area contributed by atoms with Crippen molar-refractivity contribution >= 4 is 11.6 Å². The lowest BCUT2D eigenvalue weighted by molar-refractivity contribution is 0.102. The highest BCUT2D eigenvalue weighted by Crippen LogP contribution is 2.29. The maximum absolute atomic E-state index is 13.1. The van der Waals surface area contributed by atoms with Crippen LogP contribution in [0.25, 0.3) is 0 Å². The molecule has 30 heavy (non-hydrogen) atoms. The third-order valence-corrected chi connectivity index (χ3v) is 4.89. The van der Waals surface area contributed by atoms with Gasteiger partial charge in [0.2, 0.25) is 0 Å². The van der Waals surface area contributed by atoms with Crippen LogP contribution in [0, 0.1) is 0 Å². The van der Waals surface area contributed by atoms with Crippen molar-refractivity contribution in [3.63, 3.8) is 0 Å². The largest absolute Gasteiger partial charge is 0.455 e. The van der Waals surface area contributed by atoms with Gasteiger partial charge in [0.15, 0.2) is 5.75 Å². The van der Waals surface area contributed by atoms with Gasteiger partial charge < -0.3 is 10.1 Å². The van der Waals surface area contributed by atoms with Crippen molar-refractivity contribution < 1.29 is 9.53 Å². The van der Waals surface area contributed by atoms with Crippen molar-refractivity contribution in [2.24, 2.45) is 0 Å². The summed E-state index contributed by atoms with van der Waals surface area (Å²) < 4.78 is 5.97. The lowest BCUT2D eigenvalue weighted by Gasteiger charge is -2.14. The minimum absolute atomic E-state index is 0.136. The summed E-state index contributed by atoms with van der Waals surface area (Å²) in [6.45, 7) is 0. The molecule has 0 fully saturated rings. The number of amides is 1. The first kappa shape index (κ1) is 19.5. The van der Waals surface area contributed by atoms with Gasteiger partial charge in [-0.05, 0) is 54.3 Å². The summed E-state index contributed by atoms with van der Waals surface area (Å²) in [5.41, 5.74) is 3.61. The first-order valence-electron chi connectivity index (χ1n) is 10.0. The van der Waals surface area contributed by atoms with E-state index in [0.29, 0.717) is 17.0 Å². The van der Waals surface area contributed by atoms with Gasteiger partial charge in [0, 0.05) is 5.56 Å². The van der Waals surface area contributed by atoms with Crippen LogP contribution in [0.4, 0.5) is 5.69 Å². The summed E-state index contributed by atoms with van der Waals surface area (Å²) in [6, 6.07) is 35.1. The van der Waals surface area contributed by atoms with Gasteiger partial charge in [-0.25, -0.2) is 0 Å². The summed E-state index contributed by atoms with van der Waals surface area (Å²) in [7, 11) is 0. The van der Waals surface area contributed by atoms with E-state index in [1.165, 1.54) is 5.56 Å². The summed E-state index contributed by atoms with van der Waals surface area (Å²) in [5.74, 6) is 1.20. The van der Waals surface area contributed by atoms with Gasteiger partial charge in [0.05, 0.1) is 5.69 Å². The van der Waals surface area contributed by atoms with E-state index < -0.39 is 0 Å². The second kappa shape index (κ2) is 9.57. The standard InChI is InChI=1S/C27H23NO2/c29-27(24-16-8-7-13-22(24)20-19-21-11-3-1-4-12-21)28-25-17-9-10-18-26(25)30-23-14-5-2-6-15-23/h1-18H,19-20H2,(H,28,29). The Bertz CT molecular complexity index is 1110. The third-order valence-electron chi connectivity index (χ3n) is 4.89. The number of para-hydroxylation sites is 3. The molecule has 3 heteroatoms. The predicted octanol–water partition coefficient (Wildman–Crippen LogP) is 6.52. The summed E-state index contributed by atoms with van der Waals surface area (Å²) in [4.78, 5) is 13.1. The van der Waals surface area contributed by atoms with Crippen molar-refractivity contribution in [2.45, 2.75) is 12.8 Å². The second-order valence-electron chi connectivity index (χ2n) is 7.01. The average Bonchev–Trinajstić information content (AvgIpc) is 2.80. The lowest BCUT2D eigenvalue weighted by Crippen LogP contribution is -2.15. The first-order chi connectivity index (χ1) is 14.8. The average molecular weight is 393 g/mol. The SMILES string of the molecule is O=C(Nc1ccccc1Oc1ccccc1)c1ccccc1CCc1ccccc1. The van der Waals surface area contributed by atoms with Crippen molar-refractivity contribution in [1.82, 2.24) is 0 Å². The van der Waals surface area contributed by atoms with Gasteiger partial charge in [-0.15, -0.1) is 0 Å². The van der Waals surface area contributed by atoms with Crippen LogP contribution in [-0.2, 0) is 12.8 Å². The lowest BCUT2D eigenvalue weighted by atomic mass is 9.99. The number of nitrogens with one attached hydrogen (secondary N) is 1. The van der Waals surface area contributed by atoms with Crippen LogP contribution in [0.2, 0.25) is 0 Å². The van der Waals surface area contributed by atoms with Gasteiger partial charge in [-0.2, -0.15) is 0 Å². The first-order valence-corrected chi connectivity index (χ1v) is 10.0. The number of ether oxygens (including phenoxy) is 1. The molecule has 3 nitrogen and oxygen atoms in total. The maximum atomic E-state index is 13.1.